The molecule has 1 fully saturated rings. The number of amides is 2. The molecule has 1 aromatic rings. The van der Waals surface area contributed by atoms with E-state index in [0.29, 0.717) is 11.3 Å². The number of benzene rings is 1. The van der Waals surface area contributed by atoms with Crippen molar-refractivity contribution >= 4 is 23.7 Å². The van der Waals surface area contributed by atoms with Crippen molar-refractivity contribution in [3.05, 3.63) is 29.8 Å². The Morgan fingerprint density at radius 2 is 1.93 bits per heavy atom. The summed E-state index contributed by atoms with van der Waals surface area (Å²) < 4.78 is 10.2. The molecule has 1 aromatic carbocycles. The van der Waals surface area contributed by atoms with Crippen molar-refractivity contribution in [1.29, 1.82) is 0 Å². The van der Waals surface area contributed by atoms with Gasteiger partial charge in [0.1, 0.15) is 18.8 Å². The number of aliphatic hydroxyl groups excluding tert-OH is 2. The van der Waals surface area contributed by atoms with E-state index in [9.17, 15) is 24.6 Å². The number of aliphatic carboxylic acids is 1. The second-order valence-electron chi connectivity index (χ2n) is 7.08. The molecule has 1 aliphatic rings. The summed E-state index contributed by atoms with van der Waals surface area (Å²) >= 11 is 0. The van der Waals surface area contributed by atoms with Gasteiger partial charge in [-0.1, -0.05) is 12.1 Å². The predicted molar refractivity (Wildman–Crippen MR) is 104 cm³/mol. The molecule has 2 amide bonds. The molecule has 2 rings (SSSR count). The number of nitrogens with one attached hydrogen (secondary N) is 2. The van der Waals surface area contributed by atoms with Gasteiger partial charge in [0, 0.05) is 18.5 Å². The van der Waals surface area contributed by atoms with Crippen molar-refractivity contribution in [1.82, 2.24) is 5.32 Å². The van der Waals surface area contributed by atoms with Crippen LogP contribution in [0.2, 0.25) is 0 Å². The van der Waals surface area contributed by atoms with Crippen molar-refractivity contribution < 1.29 is 39.2 Å². The monoisotopic (exact) mass is 425 g/mol. The quantitative estimate of drug-likeness (QED) is 0.331. The van der Waals surface area contributed by atoms with Crippen LogP contribution in [0.4, 0.5) is 10.5 Å². The van der Waals surface area contributed by atoms with E-state index in [4.69, 9.17) is 20.3 Å². The van der Waals surface area contributed by atoms with Gasteiger partial charge < -0.3 is 41.2 Å². The summed E-state index contributed by atoms with van der Waals surface area (Å²) in [5, 5.41) is 33.4. The fourth-order valence-electron chi connectivity index (χ4n) is 2.87. The molecule has 0 aromatic heterocycles. The van der Waals surface area contributed by atoms with Crippen LogP contribution in [0, 0.1) is 0 Å². The minimum Gasteiger partial charge on any atom is -0.480 e. The molecular formula is C19H27N3O8. The van der Waals surface area contributed by atoms with E-state index < -0.39 is 42.6 Å². The van der Waals surface area contributed by atoms with Gasteiger partial charge in [-0.25, -0.2) is 4.79 Å². The van der Waals surface area contributed by atoms with Crippen LogP contribution in [-0.4, -0.2) is 63.9 Å². The number of carboxylic acids is 1. The van der Waals surface area contributed by atoms with Gasteiger partial charge in [-0.3, -0.25) is 9.59 Å². The number of ether oxygens (including phenoxy) is 2. The van der Waals surface area contributed by atoms with Crippen molar-refractivity contribution in [3.8, 4) is 0 Å². The minimum atomic E-state index is -1.16. The maximum atomic E-state index is 12.0. The number of carbonyl (C=O) groups is 3. The number of carbonyl (C=O) groups excluding carboxylic acids is 2. The Kier molecular flexibility index (Phi) is 8.54. The summed E-state index contributed by atoms with van der Waals surface area (Å²) in [6.07, 6.45) is -3.35. The third-order valence-corrected chi connectivity index (χ3v) is 4.63. The molecule has 11 heteroatoms. The first kappa shape index (κ1) is 23.5. The number of hydrogen-bond acceptors (Lipinski definition) is 8. The molecule has 5 unspecified atom stereocenters. The van der Waals surface area contributed by atoms with Crippen molar-refractivity contribution in [2.45, 2.75) is 63.4 Å². The molecule has 0 spiro atoms. The molecule has 0 aliphatic carbocycles. The van der Waals surface area contributed by atoms with Crippen LogP contribution in [-0.2, 0) is 25.7 Å². The highest BCUT2D eigenvalue weighted by Gasteiger charge is 2.35. The fourth-order valence-corrected chi connectivity index (χ4v) is 2.87. The topological polar surface area (TPSA) is 180 Å². The van der Waals surface area contributed by atoms with Gasteiger partial charge in [-0.05, 0) is 31.0 Å². The molecule has 1 heterocycles. The number of hydrogen-bond donors (Lipinski definition) is 6. The molecule has 5 atom stereocenters. The van der Waals surface area contributed by atoms with E-state index >= 15 is 0 Å². The first-order chi connectivity index (χ1) is 14.2. The van der Waals surface area contributed by atoms with Crippen LogP contribution < -0.4 is 16.4 Å². The van der Waals surface area contributed by atoms with Crippen LogP contribution in [0.25, 0.3) is 0 Å². The highest BCUT2D eigenvalue weighted by atomic mass is 16.6. The Morgan fingerprint density at radius 3 is 2.57 bits per heavy atom. The van der Waals surface area contributed by atoms with E-state index in [-0.39, 0.29) is 31.8 Å². The third kappa shape index (κ3) is 7.26. The Morgan fingerprint density at radius 1 is 1.27 bits per heavy atom. The Labute approximate surface area is 173 Å². The fraction of sp³-hybridized carbons (Fsp3) is 0.526. The molecular weight excluding hydrogens is 398 g/mol. The molecule has 1 saturated heterocycles. The van der Waals surface area contributed by atoms with E-state index in [1.165, 1.54) is 0 Å². The maximum Gasteiger partial charge on any atom is 0.407 e. The van der Waals surface area contributed by atoms with E-state index in [1.54, 1.807) is 31.2 Å². The summed E-state index contributed by atoms with van der Waals surface area (Å²) in [5.41, 5.74) is 6.53. The zero-order valence-corrected chi connectivity index (χ0v) is 16.5. The second kappa shape index (κ2) is 10.9. The standard InChI is InChI=1S/C19H27N3O8/c1-10-17(25)14(8-16(24)30-10)22-19(28)29-9-11-2-4-12(5-3-11)21-15(23)7-6-13(20)18(26)27/h2-5,10,13-14,16-17,24-25H,6-9,20H2,1H3,(H,21,23)(H,22,28)(H,26,27). The van der Waals surface area contributed by atoms with Crippen LogP contribution in [0.15, 0.2) is 24.3 Å². The van der Waals surface area contributed by atoms with E-state index in [1.807, 2.05) is 0 Å². The summed E-state index contributed by atoms with van der Waals surface area (Å²) in [5.74, 6) is -1.52. The van der Waals surface area contributed by atoms with Gasteiger partial charge in [0.25, 0.3) is 0 Å². The zero-order valence-electron chi connectivity index (χ0n) is 16.5. The lowest BCUT2D eigenvalue weighted by atomic mass is 10.00. The van der Waals surface area contributed by atoms with Crippen LogP contribution in [0.5, 0.6) is 0 Å². The molecule has 166 valence electrons. The average Bonchev–Trinajstić information content (AvgIpc) is 2.69. The molecule has 7 N–H and O–H groups in total. The number of alkyl carbamates (subject to hydrolysis) is 1. The van der Waals surface area contributed by atoms with Crippen molar-refractivity contribution in [3.63, 3.8) is 0 Å². The lowest BCUT2D eigenvalue weighted by Gasteiger charge is -2.35. The molecule has 1 aliphatic heterocycles. The molecule has 0 saturated carbocycles. The molecule has 30 heavy (non-hydrogen) atoms. The number of aliphatic hydroxyl groups is 2. The van der Waals surface area contributed by atoms with Crippen molar-refractivity contribution in [2.24, 2.45) is 5.73 Å². The SMILES string of the molecule is CC1OC(O)CC(NC(=O)OCc2ccc(NC(=O)CCC(N)C(=O)O)cc2)C1O. The number of rotatable bonds is 8. The summed E-state index contributed by atoms with van der Waals surface area (Å²) in [6, 6.07) is 4.76. The van der Waals surface area contributed by atoms with E-state index in [0.717, 1.165) is 0 Å². The van der Waals surface area contributed by atoms with Crippen LogP contribution in [0.1, 0.15) is 31.7 Å². The summed E-state index contributed by atoms with van der Waals surface area (Å²) in [6.45, 7) is 1.55. The normalized spacial score (nSPS) is 24.5. The molecule has 0 radical (unpaired) electrons. The summed E-state index contributed by atoms with van der Waals surface area (Å²) in [7, 11) is 0. The van der Waals surface area contributed by atoms with Gasteiger partial charge in [0.15, 0.2) is 6.29 Å². The van der Waals surface area contributed by atoms with E-state index in [2.05, 4.69) is 10.6 Å². The average molecular weight is 425 g/mol. The molecule has 0 bridgehead atoms. The second-order valence-corrected chi connectivity index (χ2v) is 7.08. The molecule has 11 nitrogen and oxygen atoms in total. The number of carboxylic acid groups (broad SMARTS) is 1. The lowest BCUT2D eigenvalue weighted by Crippen LogP contribution is -2.54. The van der Waals surface area contributed by atoms with Crippen LogP contribution >= 0.6 is 0 Å². The van der Waals surface area contributed by atoms with Gasteiger partial charge >= 0.3 is 12.1 Å². The van der Waals surface area contributed by atoms with Gasteiger partial charge in [-0.15, -0.1) is 0 Å². The zero-order chi connectivity index (χ0) is 22.3. The Balaban J connectivity index is 1.75. The number of nitrogens with two attached hydrogens (primary N) is 1. The Hall–Kier alpha value is -2.73. The number of anilines is 1. The van der Waals surface area contributed by atoms with Crippen LogP contribution in [0.3, 0.4) is 0 Å². The first-order valence-corrected chi connectivity index (χ1v) is 9.47. The van der Waals surface area contributed by atoms with Crippen molar-refractivity contribution in [2.75, 3.05) is 5.32 Å². The lowest BCUT2D eigenvalue weighted by molar-refractivity contribution is -0.201. The highest BCUT2D eigenvalue weighted by molar-refractivity contribution is 5.91. The smallest absolute Gasteiger partial charge is 0.407 e. The van der Waals surface area contributed by atoms with Gasteiger partial charge in [-0.2, -0.15) is 0 Å². The third-order valence-electron chi connectivity index (χ3n) is 4.63. The van der Waals surface area contributed by atoms with Gasteiger partial charge in [0.05, 0.1) is 12.1 Å². The Bertz CT molecular complexity index is 742. The predicted octanol–water partition coefficient (Wildman–Crippen LogP) is -0.0999. The minimum absolute atomic E-state index is 0.0239. The maximum absolute atomic E-state index is 12.0. The first-order valence-electron chi connectivity index (χ1n) is 9.47. The largest absolute Gasteiger partial charge is 0.480 e. The highest BCUT2D eigenvalue weighted by Crippen LogP contribution is 2.19. The summed E-state index contributed by atoms with van der Waals surface area (Å²) in [4.78, 5) is 34.4. The van der Waals surface area contributed by atoms with Gasteiger partial charge in [0.2, 0.25) is 5.91 Å².